The van der Waals surface area contributed by atoms with Crippen molar-refractivity contribution in [2.24, 2.45) is 5.92 Å². The zero-order valence-corrected chi connectivity index (χ0v) is 16.1. The minimum Gasteiger partial charge on any atom is -0.457 e. The standard InChI is InChI=1S/C20H26O7/c1-11(2)7-16(22)25-10-13-17-14(21)8-12(3)20(24)6-5-19(4,27-20)9-15(17)26-18(13)23/h7,9,12,14,21,24H,5-6,8,10H2,1-4H3/b15-9+/t12-,14+,19-,20+/m1/s1. The van der Waals surface area contributed by atoms with E-state index in [4.69, 9.17) is 14.2 Å². The Morgan fingerprint density at radius 2 is 2.11 bits per heavy atom. The van der Waals surface area contributed by atoms with Gasteiger partial charge < -0.3 is 24.4 Å². The molecule has 7 heteroatoms. The Kier molecular flexibility index (Phi) is 5.05. The Morgan fingerprint density at radius 3 is 2.78 bits per heavy atom. The Hall–Kier alpha value is -1.96. The van der Waals surface area contributed by atoms with Gasteiger partial charge in [-0.3, -0.25) is 0 Å². The summed E-state index contributed by atoms with van der Waals surface area (Å²) in [6.45, 7) is 6.84. The summed E-state index contributed by atoms with van der Waals surface area (Å²) in [4.78, 5) is 24.1. The van der Waals surface area contributed by atoms with E-state index in [9.17, 15) is 19.8 Å². The van der Waals surface area contributed by atoms with Crippen LogP contribution in [-0.4, -0.2) is 46.3 Å². The molecule has 0 unspecified atom stereocenters. The molecule has 0 spiro atoms. The molecule has 3 aliphatic rings. The van der Waals surface area contributed by atoms with Crippen molar-refractivity contribution >= 4 is 11.9 Å². The van der Waals surface area contributed by atoms with Gasteiger partial charge in [0.05, 0.1) is 17.3 Å². The molecule has 2 N–H and O–H groups in total. The van der Waals surface area contributed by atoms with Gasteiger partial charge in [-0.1, -0.05) is 12.5 Å². The molecule has 0 saturated carbocycles. The second-order valence-corrected chi connectivity index (χ2v) is 8.03. The number of allylic oxidation sites excluding steroid dienone is 1. The third-order valence-corrected chi connectivity index (χ3v) is 5.31. The molecule has 3 aliphatic heterocycles. The molecule has 1 fully saturated rings. The van der Waals surface area contributed by atoms with Crippen LogP contribution in [0.15, 0.2) is 34.6 Å². The van der Waals surface area contributed by atoms with Crippen molar-refractivity contribution < 1.29 is 34.0 Å². The third kappa shape index (κ3) is 3.85. The van der Waals surface area contributed by atoms with E-state index in [0.717, 1.165) is 5.57 Å². The number of hydrogen-bond donors (Lipinski definition) is 2. The highest BCUT2D eigenvalue weighted by molar-refractivity contribution is 5.95. The van der Waals surface area contributed by atoms with Crippen LogP contribution in [0.25, 0.3) is 0 Å². The van der Waals surface area contributed by atoms with Gasteiger partial charge in [0.25, 0.3) is 0 Å². The lowest BCUT2D eigenvalue weighted by atomic mass is 9.86. The monoisotopic (exact) mass is 378 g/mol. The summed E-state index contributed by atoms with van der Waals surface area (Å²) in [5.74, 6) is -2.71. The molecule has 0 radical (unpaired) electrons. The number of rotatable bonds is 3. The van der Waals surface area contributed by atoms with Crippen LogP contribution >= 0.6 is 0 Å². The number of fused-ring (bicyclic) bond motifs is 3. The van der Waals surface area contributed by atoms with Gasteiger partial charge in [0.1, 0.15) is 12.4 Å². The van der Waals surface area contributed by atoms with Crippen molar-refractivity contribution in [3.05, 3.63) is 34.6 Å². The van der Waals surface area contributed by atoms with Crippen LogP contribution in [0.2, 0.25) is 0 Å². The lowest BCUT2D eigenvalue weighted by molar-refractivity contribution is -0.238. The van der Waals surface area contributed by atoms with E-state index in [-0.39, 0.29) is 30.3 Å². The molecule has 3 rings (SSSR count). The summed E-state index contributed by atoms with van der Waals surface area (Å²) < 4.78 is 16.4. The van der Waals surface area contributed by atoms with Gasteiger partial charge in [-0.15, -0.1) is 0 Å². The Morgan fingerprint density at radius 1 is 1.41 bits per heavy atom. The van der Waals surface area contributed by atoms with Gasteiger partial charge in [0.15, 0.2) is 5.79 Å². The van der Waals surface area contributed by atoms with Crippen LogP contribution in [0, 0.1) is 5.92 Å². The van der Waals surface area contributed by atoms with Gasteiger partial charge in [0, 0.05) is 24.0 Å². The number of carbonyl (C=O) groups is 2. The van der Waals surface area contributed by atoms with Crippen LogP contribution < -0.4 is 0 Å². The first-order valence-electron chi connectivity index (χ1n) is 9.14. The predicted octanol–water partition coefficient (Wildman–Crippen LogP) is 1.89. The fraction of sp³-hybridized carbons (Fsp3) is 0.600. The van der Waals surface area contributed by atoms with Gasteiger partial charge in [-0.25, -0.2) is 9.59 Å². The zero-order chi connectivity index (χ0) is 20.0. The topological polar surface area (TPSA) is 102 Å². The van der Waals surface area contributed by atoms with E-state index in [0.29, 0.717) is 18.4 Å². The Labute approximate surface area is 158 Å². The number of aliphatic hydroxyl groups excluding tert-OH is 1. The van der Waals surface area contributed by atoms with Crippen molar-refractivity contribution in [1.82, 2.24) is 0 Å². The maximum Gasteiger partial charge on any atom is 0.343 e. The van der Waals surface area contributed by atoms with E-state index in [1.54, 1.807) is 33.8 Å². The van der Waals surface area contributed by atoms with Gasteiger partial charge in [-0.2, -0.15) is 0 Å². The van der Waals surface area contributed by atoms with E-state index in [2.05, 4.69) is 0 Å². The molecule has 7 nitrogen and oxygen atoms in total. The average Bonchev–Trinajstić information content (AvgIpc) is 3.02. The molecule has 0 aromatic heterocycles. The maximum absolute atomic E-state index is 12.4. The molecule has 2 bridgehead atoms. The van der Waals surface area contributed by atoms with Crippen LogP contribution in [0.1, 0.15) is 47.0 Å². The minimum atomic E-state index is -1.34. The van der Waals surface area contributed by atoms with E-state index >= 15 is 0 Å². The summed E-state index contributed by atoms with van der Waals surface area (Å²) in [5, 5.41) is 21.5. The van der Waals surface area contributed by atoms with E-state index < -0.39 is 29.4 Å². The van der Waals surface area contributed by atoms with Gasteiger partial charge >= 0.3 is 11.9 Å². The second-order valence-electron chi connectivity index (χ2n) is 8.03. The average molecular weight is 378 g/mol. The number of esters is 2. The lowest BCUT2D eigenvalue weighted by Crippen LogP contribution is -2.39. The number of carbonyl (C=O) groups excluding carboxylic acids is 2. The highest BCUT2D eigenvalue weighted by Crippen LogP contribution is 2.47. The van der Waals surface area contributed by atoms with Crippen LogP contribution in [0.5, 0.6) is 0 Å². The number of ether oxygens (including phenoxy) is 3. The van der Waals surface area contributed by atoms with Crippen LogP contribution in [0.3, 0.4) is 0 Å². The third-order valence-electron chi connectivity index (χ3n) is 5.31. The normalized spacial score (nSPS) is 37.4. The molecular formula is C20H26O7. The van der Waals surface area contributed by atoms with Gasteiger partial charge in [0.2, 0.25) is 0 Å². The van der Waals surface area contributed by atoms with Crippen molar-refractivity contribution in [1.29, 1.82) is 0 Å². The SMILES string of the molecule is CC(C)=CC(=O)OCC1=C2/C(=C\[C@@]3(C)CC[C@](O)(O3)[C@H](C)C[C@@H]2O)OC1=O. The van der Waals surface area contributed by atoms with Crippen molar-refractivity contribution in [2.75, 3.05) is 6.61 Å². The molecule has 148 valence electrons. The molecule has 0 amide bonds. The van der Waals surface area contributed by atoms with Crippen LogP contribution in [-0.2, 0) is 23.8 Å². The highest BCUT2D eigenvalue weighted by atomic mass is 16.6. The fourth-order valence-electron chi connectivity index (χ4n) is 3.80. The molecule has 0 aromatic carbocycles. The Bertz CT molecular complexity index is 758. The molecule has 0 aliphatic carbocycles. The largest absolute Gasteiger partial charge is 0.457 e. The summed E-state index contributed by atoms with van der Waals surface area (Å²) in [5.41, 5.74) is 0.378. The number of aliphatic hydroxyl groups is 2. The van der Waals surface area contributed by atoms with Gasteiger partial charge in [-0.05, 0) is 39.7 Å². The molecular weight excluding hydrogens is 352 g/mol. The molecule has 27 heavy (non-hydrogen) atoms. The highest BCUT2D eigenvalue weighted by Gasteiger charge is 2.51. The maximum atomic E-state index is 12.4. The quantitative estimate of drug-likeness (QED) is 0.571. The number of hydrogen-bond acceptors (Lipinski definition) is 7. The Balaban J connectivity index is 1.96. The molecule has 1 saturated heterocycles. The minimum absolute atomic E-state index is 0.116. The van der Waals surface area contributed by atoms with Crippen molar-refractivity contribution in [3.63, 3.8) is 0 Å². The molecule has 0 aromatic rings. The first-order chi connectivity index (χ1) is 12.5. The fourth-order valence-corrected chi connectivity index (χ4v) is 3.80. The lowest BCUT2D eigenvalue weighted by Gasteiger charge is -2.32. The summed E-state index contributed by atoms with van der Waals surface area (Å²) in [7, 11) is 0. The first-order valence-corrected chi connectivity index (χ1v) is 9.14. The molecule has 3 heterocycles. The second kappa shape index (κ2) is 6.89. The van der Waals surface area contributed by atoms with Crippen molar-refractivity contribution in [2.45, 2.75) is 64.4 Å². The summed E-state index contributed by atoms with van der Waals surface area (Å²) >= 11 is 0. The smallest absolute Gasteiger partial charge is 0.343 e. The summed E-state index contributed by atoms with van der Waals surface area (Å²) in [6.07, 6.45) is 3.08. The van der Waals surface area contributed by atoms with E-state index in [1.807, 2.05) is 0 Å². The van der Waals surface area contributed by atoms with Crippen LogP contribution in [0.4, 0.5) is 0 Å². The predicted molar refractivity (Wildman–Crippen MR) is 95.1 cm³/mol. The van der Waals surface area contributed by atoms with E-state index in [1.165, 1.54) is 6.08 Å². The first kappa shape index (κ1) is 19.8. The molecule has 4 atom stereocenters. The summed E-state index contributed by atoms with van der Waals surface area (Å²) in [6, 6.07) is 0. The van der Waals surface area contributed by atoms with Crippen molar-refractivity contribution in [3.8, 4) is 0 Å². The zero-order valence-electron chi connectivity index (χ0n) is 16.1.